The third kappa shape index (κ3) is 3.24. The van der Waals surface area contributed by atoms with Gasteiger partial charge in [0.25, 0.3) is 0 Å². The first-order valence-electron chi connectivity index (χ1n) is 5.90. The molecule has 0 radical (unpaired) electrons. The molecule has 0 aliphatic carbocycles. The zero-order valence-corrected chi connectivity index (χ0v) is 12.2. The minimum atomic E-state index is 0.541. The summed E-state index contributed by atoms with van der Waals surface area (Å²) in [6.45, 7) is 9.31. The molecule has 2 heteroatoms. The van der Waals surface area contributed by atoms with Crippen molar-refractivity contribution in [2.24, 2.45) is 0 Å². The fourth-order valence-electron chi connectivity index (χ4n) is 2.01. The van der Waals surface area contributed by atoms with Gasteiger partial charge in [-0.25, -0.2) is 0 Å². The van der Waals surface area contributed by atoms with E-state index in [4.69, 9.17) is 4.74 Å². The largest absolute Gasteiger partial charge is 0.493 e. The third-order valence-corrected chi connectivity index (χ3v) is 3.27. The third-order valence-electron chi connectivity index (χ3n) is 2.81. The lowest BCUT2D eigenvalue weighted by atomic mass is 9.94. The molecule has 0 N–H and O–H groups in total. The van der Waals surface area contributed by atoms with Crippen LogP contribution >= 0.6 is 15.9 Å². The summed E-state index contributed by atoms with van der Waals surface area (Å²) in [4.78, 5) is 0. The van der Waals surface area contributed by atoms with Crippen molar-refractivity contribution < 1.29 is 4.74 Å². The Kier molecular flexibility index (Phi) is 5.33. The lowest BCUT2D eigenvalue weighted by molar-refractivity contribution is 0.332. The van der Waals surface area contributed by atoms with E-state index in [1.54, 1.807) is 0 Å². The van der Waals surface area contributed by atoms with Crippen molar-refractivity contribution in [3.05, 3.63) is 28.8 Å². The monoisotopic (exact) mass is 284 g/mol. The average molecular weight is 285 g/mol. The number of benzene rings is 1. The van der Waals surface area contributed by atoms with E-state index in [1.165, 1.54) is 16.7 Å². The van der Waals surface area contributed by atoms with Crippen LogP contribution in [0.2, 0.25) is 0 Å². The number of alkyl halides is 1. The number of hydrogen-bond donors (Lipinski definition) is 0. The molecule has 0 saturated heterocycles. The lowest BCUT2D eigenvalue weighted by Gasteiger charge is -2.18. The maximum atomic E-state index is 5.77. The van der Waals surface area contributed by atoms with Gasteiger partial charge in [-0.15, -0.1) is 0 Å². The van der Waals surface area contributed by atoms with Crippen LogP contribution < -0.4 is 4.74 Å². The van der Waals surface area contributed by atoms with Crippen molar-refractivity contribution >= 4 is 15.9 Å². The fourth-order valence-corrected chi connectivity index (χ4v) is 2.70. The van der Waals surface area contributed by atoms with Gasteiger partial charge in [0.15, 0.2) is 0 Å². The zero-order valence-electron chi connectivity index (χ0n) is 10.6. The molecule has 1 rings (SSSR count). The second kappa shape index (κ2) is 6.29. The SMILES string of the molecule is CCOc1c(C)cc(C)cc1C(C)CCBr. The van der Waals surface area contributed by atoms with E-state index < -0.39 is 0 Å². The first-order valence-corrected chi connectivity index (χ1v) is 7.02. The van der Waals surface area contributed by atoms with Crippen LogP contribution in [0.15, 0.2) is 12.1 Å². The summed E-state index contributed by atoms with van der Waals surface area (Å²) in [5, 5.41) is 1.03. The normalized spacial score (nSPS) is 12.6. The molecule has 0 spiro atoms. The first-order chi connectivity index (χ1) is 7.60. The van der Waals surface area contributed by atoms with Crippen LogP contribution in [0, 0.1) is 13.8 Å². The molecule has 16 heavy (non-hydrogen) atoms. The number of halogens is 1. The van der Waals surface area contributed by atoms with Crippen LogP contribution in [0.4, 0.5) is 0 Å². The Morgan fingerprint density at radius 2 is 2.00 bits per heavy atom. The molecular weight excluding hydrogens is 264 g/mol. The molecule has 1 aromatic rings. The Bertz CT molecular complexity index is 347. The van der Waals surface area contributed by atoms with Crippen molar-refractivity contribution in [1.82, 2.24) is 0 Å². The standard InChI is InChI=1S/C14H21BrO/c1-5-16-14-12(4)8-10(2)9-13(14)11(3)6-7-15/h8-9,11H,5-7H2,1-4H3. The van der Waals surface area contributed by atoms with Gasteiger partial charge in [-0.2, -0.15) is 0 Å². The summed E-state index contributed by atoms with van der Waals surface area (Å²) >= 11 is 3.51. The van der Waals surface area contributed by atoms with E-state index in [2.05, 4.69) is 48.8 Å². The van der Waals surface area contributed by atoms with E-state index >= 15 is 0 Å². The molecule has 0 aliphatic heterocycles. The van der Waals surface area contributed by atoms with Crippen LogP contribution in [-0.4, -0.2) is 11.9 Å². The molecule has 0 aliphatic rings. The molecule has 0 aromatic heterocycles. The minimum Gasteiger partial charge on any atom is -0.493 e. The smallest absolute Gasteiger partial charge is 0.125 e. The summed E-state index contributed by atoms with van der Waals surface area (Å²) in [6.07, 6.45) is 1.14. The van der Waals surface area contributed by atoms with Crippen LogP contribution in [0.5, 0.6) is 5.75 Å². The molecular formula is C14H21BrO. The molecule has 1 atom stereocenters. The summed E-state index contributed by atoms with van der Waals surface area (Å²) in [5.41, 5.74) is 3.91. The maximum absolute atomic E-state index is 5.77. The van der Waals surface area contributed by atoms with Crippen molar-refractivity contribution in [3.63, 3.8) is 0 Å². The summed E-state index contributed by atoms with van der Waals surface area (Å²) in [6, 6.07) is 4.45. The highest BCUT2D eigenvalue weighted by Gasteiger charge is 2.14. The number of aryl methyl sites for hydroxylation is 2. The lowest BCUT2D eigenvalue weighted by Crippen LogP contribution is -2.03. The Balaban J connectivity index is 3.12. The van der Waals surface area contributed by atoms with Crippen LogP contribution in [0.25, 0.3) is 0 Å². The number of rotatable bonds is 5. The molecule has 1 aromatic carbocycles. The highest BCUT2D eigenvalue weighted by molar-refractivity contribution is 9.09. The molecule has 0 fully saturated rings. The Morgan fingerprint density at radius 3 is 2.56 bits per heavy atom. The predicted molar refractivity (Wildman–Crippen MR) is 73.9 cm³/mol. The van der Waals surface area contributed by atoms with E-state index in [0.717, 1.165) is 24.1 Å². The summed E-state index contributed by atoms with van der Waals surface area (Å²) in [7, 11) is 0. The van der Waals surface area contributed by atoms with Crippen LogP contribution in [0.3, 0.4) is 0 Å². The van der Waals surface area contributed by atoms with Gasteiger partial charge in [0, 0.05) is 5.33 Å². The Morgan fingerprint density at radius 1 is 1.31 bits per heavy atom. The fraction of sp³-hybridized carbons (Fsp3) is 0.571. The molecule has 0 saturated carbocycles. The maximum Gasteiger partial charge on any atom is 0.125 e. The molecule has 0 heterocycles. The van der Waals surface area contributed by atoms with Gasteiger partial charge >= 0.3 is 0 Å². The first kappa shape index (κ1) is 13.6. The van der Waals surface area contributed by atoms with Gasteiger partial charge in [0.05, 0.1) is 6.61 Å². The van der Waals surface area contributed by atoms with Crippen LogP contribution in [0.1, 0.15) is 42.9 Å². The van der Waals surface area contributed by atoms with Gasteiger partial charge in [-0.05, 0) is 44.2 Å². The number of ether oxygens (including phenoxy) is 1. The van der Waals surface area contributed by atoms with Gasteiger partial charge in [0.1, 0.15) is 5.75 Å². The second-order valence-electron chi connectivity index (χ2n) is 4.31. The molecule has 0 bridgehead atoms. The van der Waals surface area contributed by atoms with Gasteiger partial charge < -0.3 is 4.74 Å². The highest BCUT2D eigenvalue weighted by atomic mass is 79.9. The topological polar surface area (TPSA) is 9.23 Å². The van der Waals surface area contributed by atoms with E-state index in [0.29, 0.717) is 5.92 Å². The number of hydrogen-bond acceptors (Lipinski definition) is 1. The van der Waals surface area contributed by atoms with E-state index in [9.17, 15) is 0 Å². The highest BCUT2D eigenvalue weighted by Crippen LogP contribution is 2.33. The quantitative estimate of drug-likeness (QED) is 0.719. The van der Waals surface area contributed by atoms with E-state index in [-0.39, 0.29) is 0 Å². The van der Waals surface area contributed by atoms with Gasteiger partial charge in [-0.3, -0.25) is 0 Å². The molecule has 90 valence electrons. The summed E-state index contributed by atoms with van der Waals surface area (Å²) < 4.78 is 5.77. The predicted octanol–water partition coefficient (Wildman–Crippen LogP) is 4.59. The molecule has 1 nitrogen and oxygen atoms in total. The van der Waals surface area contributed by atoms with E-state index in [1.807, 2.05) is 6.92 Å². The Labute approximate surface area is 107 Å². The van der Waals surface area contributed by atoms with Gasteiger partial charge in [0.2, 0.25) is 0 Å². The second-order valence-corrected chi connectivity index (χ2v) is 5.10. The van der Waals surface area contributed by atoms with Crippen molar-refractivity contribution in [2.45, 2.75) is 40.0 Å². The van der Waals surface area contributed by atoms with Gasteiger partial charge in [-0.1, -0.05) is 40.5 Å². The van der Waals surface area contributed by atoms with Crippen molar-refractivity contribution in [1.29, 1.82) is 0 Å². The van der Waals surface area contributed by atoms with Crippen LogP contribution in [-0.2, 0) is 0 Å². The molecule has 0 amide bonds. The summed E-state index contributed by atoms with van der Waals surface area (Å²) in [5.74, 6) is 1.63. The molecule has 1 unspecified atom stereocenters. The average Bonchev–Trinajstić information content (AvgIpc) is 2.22. The minimum absolute atomic E-state index is 0.541. The Hall–Kier alpha value is -0.500. The van der Waals surface area contributed by atoms with Crippen molar-refractivity contribution in [3.8, 4) is 5.75 Å². The van der Waals surface area contributed by atoms with Crippen molar-refractivity contribution in [2.75, 3.05) is 11.9 Å². The zero-order chi connectivity index (χ0) is 12.1.